The highest BCUT2D eigenvalue weighted by Crippen LogP contribution is 1.74. The van der Waals surface area contributed by atoms with Gasteiger partial charge in [-0.2, -0.15) is 0 Å². The zero-order valence-corrected chi connectivity index (χ0v) is 12.9. The number of aliphatic hydroxyl groups is 4. The Kier molecular flexibility index (Phi) is 39.4. The molecule has 0 fully saturated rings. The molecule has 0 aliphatic carbocycles. The normalized spacial score (nSPS) is 7.46. The van der Waals surface area contributed by atoms with E-state index in [1.807, 2.05) is 0 Å². The van der Waals surface area contributed by atoms with E-state index in [0.717, 1.165) is 14.0 Å². The van der Waals surface area contributed by atoms with Crippen molar-refractivity contribution in [3.8, 4) is 0 Å². The number of hydrogen-bond donors (Lipinski definition) is 8. The zero-order valence-electron chi connectivity index (χ0n) is 12.9. The van der Waals surface area contributed by atoms with Crippen LogP contribution >= 0.6 is 0 Å². The summed E-state index contributed by atoms with van der Waals surface area (Å²) in [6, 6.07) is 0. The number of carbonyl (C=O) groups excluding carboxylic acids is 1. The number of ketones is 1. The Bertz CT molecular complexity index is 311. The summed E-state index contributed by atoms with van der Waals surface area (Å²) in [5.41, 5.74) is 0. The van der Waals surface area contributed by atoms with Crippen LogP contribution in [-0.2, 0) is 24.0 Å². The molecule has 0 spiro atoms. The molecule has 0 bridgehead atoms. The standard InChI is InChI=1S/C3H4O4.C3H8O3.C3H4O3.CH2O2.CH4O/c4-2(5)1-3(6)7;4-1-3(6)2-5;1-2(4)3(5)6;2-1-3;1-2/h1H2,(H,4,5)(H,6,7);3-6H,1-2H2;1H3,(H,5,6);1H,(H,2,3);2H,1H3. The van der Waals surface area contributed by atoms with Crippen LogP contribution in [-0.4, -0.2) is 97.4 Å². The van der Waals surface area contributed by atoms with Crippen LogP contribution in [0.15, 0.2) is 0 Å². The van der Waals surface area contributed by atoms with Gasteiger partial charge < -0.3 is 40.9 Å². The minimum absolute atomic E-state index is 0.250. The zero-order chi connectivity index (χ0) is 20.7. The number of hydrogen-bond acceptors (Lipinski definition) is 9. The molecule has 0 saturated heterocycles. The number of carboxylic acid groups (broad SMARTS) is 4. The van der Waals surface area contributed by atoms with Crippen LogP contribution in [0, 0.1) is 0 Å². The van der Waals surface area contributed by atoms with E-state index in [1.54, 1.807) is 0 Å². The van der Waals surface area contributed by atoms with Crippen molar-refractivity contribution in [1.29, 1.82) is 0 Å². The molecule has 8 N–H and O–H groups in total. The molecule has 13 nitrogen and oxygen atoms in total. The fourth-order valence-corrected chi connectivity index (χ4v) is 0.187. The van der Waals surface area contributed by atoms with Gasteiger partial charge in [-0.25, -0.2) is 4.79 Å². The lowest BCUT2D eigenvalue weighted by atomic mass is 10.4. The summed E-state index contributed by atoms with van der Waals surface area (Å²) in [6.45, 7) is 0.0231. The monoisotopic (exact) mass is 362 g/mol. The van der Waals surface area contributed by atoms with E-state index >= 15 is 0 Å². The van der Waals surface area contributed by atoms with Gasteiger partial charge in [0.1, 0.15) is 12.5 Å². The third-order valence-electron chi connectivity index (χ3n) is 1.03. The van der Waals surface area contributed by atoms with Crippen LogP contribution in [0.3, 0.4) is 0 Å². The Morgan fingerprint density at radius 1 is 0.917 bits per heavy atom. The molecular weight excluding hydrogens is 340 g/mol. The quantitative estimate of drug-likeness (QED) is 0.137. The Labute approximate surface area is 136 Å². The smallest absolute Gasteiger partial charge is 0.371 e. The van der Waals surface area contributed by atoms with Crippen molar-refractivity contribution >= 4 is 30.2 Å². The van der Waals surface area contributed by atoms with Crippen LogP contribution in [0.1, 0.15) is 13.3 Å². The van der Waals surface area contributed by atoms with Gasteiger partial charge in [-0.3, -0.25) is 19.2 Å². The lowest BCUT2D eigenvalue weighted by molar-refractivity contribution is -0.148. The van der Waals surface area contributed by atoms with Gasteiger partial charge in [0, 0.05) is 14.0 Å². The highest BCUT2D eigenvalue weighted by molar-refractivity contribution is 6.31. The summed E-state index contributed by atoms with van der Waals surface area (Å²) in [7, 11) is 1.00. The first-order chi connectivity index (χ1) is 11.0. The molecule has 144 valence electrons. The molecule has 0 aromatic heterocycles. The number of Topliss-reactive ketones (excluding diaryl/α,β-unsaturated/α-hetero) is 1. The lowest BCUT2D eigenvalue weighted by Crippen LogP contribution is -2.15. The summed E-state index contributed by atoms with van der Waals surface area (Å²) in [5.74, 6) is -4.83. The minimum Gasteiger partial charge on any atom is -0.483 e. The van der Waals surface area contributed by atoms with Crippen LogP contribution in [0.25, 0.3) is 0 Å². The van der Waals surface area contributed by atoms with Gasteiger partial charge >= 0.3 is 17.9 Å². The van der Waals surface area contributed by atoms with Gasteiger partial charge in [-0.15, -0.1) is 0 Å². The molecule has 0 atom stereocenters. The van der Waals surface area contributed by atoms with Gasteiger partial charge in [-0.05, 0) is 0 Å². The molecule has 0 aliphatic heterocycles. The van der Waals surface area contributed by atoms with E-state index in [0.29, 0.717) is 0 Å². The maximum Gasteiger partial charge on any atom is 0.371 e. The Balaban J connectivity index is -0.0000000664. The molecule has 0 amide bonds. The number of carbonyl (C=O) groups is 5. The summed E-state index contributed by atoms with van der Waals surface area (Å²) in [6.07, 6.45) is -1.76. The molecule has 0 unspecified atom stereocenters. The number of aliphatic carboxylic acids is 3. The van der Waals surface area contributed by atoms with Crippen molar-refractivity contribution in [2.75, 3.05) is 20.3 Å². The van der Waals surface area contributed by atoms with Crippen LogP contribution in [0.5, 0.6) is 0 Å². The largest absolute Gasteiger partial charge is 0.483 e. The third-order valence-corrected chi connectivity index (χ3v) is 1.03. The van der Waals surface area contributed by atoms with Gasteiger partial charge in [-0.1, -0.05) is 0 Å². The second-order valence-corrected chi connectivity index (χ2v) is 2.95. The Hall–Kier alpha value is -2.61. The SMILES string of the molecule is CC(=O)C(=O)O.CO.O=C(O)CC(=O)O.O=CO.OCC(O)CO. The molecule has 0 aromatic carbocycles. The summed E-state index contributed by atoms with van der Waals surface area (Å²) in [5, 5.41) is 61.0. The summed E-state index contributed by atoms with van der Waals surface area (Å²) >= 11 is 0. The molecule has 0 aliphatic rings. The van der Waals surface area contributed by atoms with Crippen molar-refractivity contribution < 1.29 is 64.8 Å². The minimum atomic E-state index is -1.38. The first kappa shape index (κ1) is 33.1. The first-order valence-electron chi connectivity index (χ1n) is 5.59. The number of rotatable bonds is 5. The van der Waals surface area contributed by atoms with E-state index < -0.39 is 36.2 Å². The number of carboxylic acids is 3. The average Bonchev–Trinajstić information content (AvgIpc) is 2.49. The summed E-state index contributed by atoms with van der Waals surface area (Å²) in [4.78, 5) is 46.1. The number of aliphatic hydroxyl groups excluding tert-OH is 4. The first-order valence-corrected chi connectivity index (χ1v) is 5.59. The van der Waals surface area contributed by atoms with Crippen molar-refractivity contribution in [3.05, 3.63) is 0 Å². The van der Waals surface area contributed by atoms with Crippen molar-refractivity contribution in [1.82, 2.24) is 0 Å². The second kappa shape index (κ2) is 28.5. The topological polar surface area (TPSA) is 247 Å². The van der Waals surface area contributed by atoms with E-state index in [4.69, 9.17) is 45.6 Å². The molecule has 13 heteroatoms. The van der Waals surface area contributed by atoms with E-state index in [-0.39, 0.29) is 19.7 Å². The fraction of sp³-hybridized carbons (Fsp3) is 0.545. The molecule has 0 saturated carbocycles. The van der Waals surface area contributed by atoms with E-state index in [9.17, 15) is 19.2 Å². The highest BCUT2D eigenvalue weighted by atomic mass is 16.4. The molecule has 24 heavy (non-hydrogen) atoms. The lowest BCUT2D eigenvalue weighted by Gasteiger charge is -1.96. The van der Waals surface area contributed by atoms with E-state index in [2.05, 4.69) is 0 Å². The van der Waals surface area contributed by atoms with Gasteiger partial charge in [0.2, 0.25) is 5.78 Å². The molecule has 0 aromatic rings. The van der Waals surface area contributed by atoms with Gasteiger partial charge in [0.25, 0.3) is 6.47 Å². The molecule has 0 rings (SSSR count). The van der Waals surface area contributed by atoms with Crippen LogP contribution in [0.2, 0.25) is 0 Å². The molecule has 0 radical (unpaired) electrons. The predicted molar refractivity (Wildman–Crippen MR) is 75.2 cm³/mol. The van der Waals surface area contributed by atoms with E-state index in [1.165, 1.54) is 0 Å². The summed E-state index contributed by atoms with van der Waals surface area (Å²) < 4.78 is 0. The second-order valence-electron chi connectivity index (χ2n) is 2.95. The average molecular weight is 362 g/mol. The highest BCUT2D eigenvalue weighted by Gasteiger charge is 2.01. The molecular formula is C11H22O13. The van der Waals surface area contributed by atoms with Crippen molar-refractivity contribution in [2.24, 2.45) is 0 Å². The van der Waals surface area contributed by atoms with Crippen molar-refractivity contribution in [2.45, 2.75) is 19.4 Å². The van der Waals surface area contributed by atoms with Crippen molar-refractivity contribution in [3.63, 3.8) is 0 Å². The van der Waals surface area contributed by atoms with Crippen LogP contribution < -0.4 is 0 Å². The van der Waals surface area contributed by atoms with Crippen LogP contribution in [0.4, 0.5) is 0 Å². The maximum absolute atomic E-state index is 9.54. The maximum atomic E-state index is 9.54. The molecule has 0 heterocycles. The van der Waals surface area contributed by atoms with Gasteiger partial charge in [0.05, 0.1) is 13.2 Å². The fourth-order valence-electron chi connectivity index (χ4n) is 0.187. The Morgan fingerprint density at radius 3 is 1.12 bits per heavy atom. The van der Waals surface area contributed by atoms with Gasteiger partial charge in [0.15, 0.2) is 0 Å². The Morgan fingerprint density at radius 2 is 1.12 bits per heavy atom. The third kappa shape index (κ3) is 74.4. The predicted octanol–water partition coefficient (Wildman–Crippen LogP) is -3.15.